The maximum absolute atomic E-state index is 12.7. The van der Waals surface area contributed by atoms with E-state index in [1.54, 1.807) is 12.3 Å². The minimum absolute atomic E-state index is 0.0615. The molecule has 0 bridgehead atoms. The van der Waals surface area contributed by atoms with Gasteiger partial charge in [-0.25, -0.2) is 4.98 Å². The smallest absolute Gasteiger partial charge is 0.246 e. The SMILES string of the molecule is C=C1CCc2cc(/C=C/C(=O)N3CC=C(Cc4ccccc4)CCC3)cnc2N1. The molecule has 0 atom stereocenters. The molecule has 0 spiro atoms. The van der Waals surface area contributed by atoms with Gasteiger partial charge in [0.25, 0.3) is 0 Å². The molecule has 2 aromatic rings. The summed E-state index contributed by atoms with van der Waals surface area (Å²) in [7, 11) is 0. The fourth-order valence-electron chi connectivity index (χ4n) is 3.86. The highest BCUT2D eigenvalue weighted by atomic mass is 16.2. The second-order valence-corrected chi connectivity index (χ2v) is 7.75. The van der Waals surface area contributed by atoms with Crippen molar-refractivity contribution >= 4 is 17.8 Å². The molecule has 3 heterocycles. The lowest BCUT2D eigenvalue weighted by Gasteiger charge is -2.19. The van der Waals surface area contributed by atoms with Crippen LogP contribution in [-0.2, 0) is 17.6 Å². The molecule has 148 valence electrons. The van der Waals surface area contributed by atoms with Crippen molar-refractivity contribution in [3.8, 4) is 0 Å². The van der Waals surface area contributed by atoms with Gasteiger partial charge in [0.1, 0.15) is 5.82 Å². The van der Waals surface area contributed by atoms with Gasteiger partial charge in [0.05, 0.1) is 0 Å². The third-order valence-electron chi connectivity index (χ3n) is 5.51. The zero-order valence-corrected chi connectivity index (χ0v) is 16.7. The fraction of sp³-hybridized carbons (Fsp3) is 0.280. The Bertz CT molecular complexity index is 959. The maximum atomic E-state index is 12.7. The summed E-state index contributed by atoms with van der Waals surface area (Å²) in [6.07, 6.45) is 12.5. The van der Waals surface area contributed by atoms with E-state index in [2.05, 4.69) is 53.3 Å². The molecule has 4 heteroatoms. The van der Waals surface area contributed by atoms with Gasteiger partial charge in [-0.1, -0.05) is 48.6 Å². The Morgan fingerprint density at radius 1 is 1.21 bits per heavy atom. The number of nitrogens with zero attached hydrogens (tertiary/aromatic N) is 2. The summed E-state index contributed by atoms with van der Waals surface area (Å²) in [5, 5.41) is 3.22. The van der Waals surface area contributed by atoms with E-state index in [1.807, 2.05) is 17.0 Å². The van der Waals surface area contributed by atoms with Crippen molar-refractivity contribution in [1.29, 1.82) is 0 Å². The van der Waals surface area contributed by atoms with E-state index in [0.717, 1.165) is 55.7 Å². The van der Waals surface area contributed by atoms with E-state index in [9.17, 15) is 4.79 Å². The number of allylic oxidation sites excluding steroid dienone is 2. The van der Waals surface area contributed by atoms with Gasteiger partial charge >= 0.3 is 0 Å². The van der Waals surface area contributed by atoms with Crippen LogP contribution in [0.3, 0.4) is 0 Å². The molecule has 4 nitrogen and oxygen atoms in total. The van der Waals surface area contributed by atoms with Gasteiger partial charge in [0.2, 0.25) is 5.91 Å². The lowest BCUT2D eigenvalue weighted by molar-refractivity contribution is -0.125. The van der Waals surface area contributed by atoms with Gasteiger partial charge in [0.15, 0.2) is 0 Å². The molecule has 1 aromatic carbocycles. The Labute approximate surface area is 172 Å². The average Bonchev–Trinajstić information content (AvgIpc) is 2.98. The number of aromatic nitrogens is 1. The predicted molar refractivity (Wildman–Crippen MR) is 118 cm³/mol. The summed E-state index contributed by atoms with van der Waals surface area (Å²) >= 11 is 0. The van der Waals surface area contributed by atoms with E-state index >= 15 is 0 Å². The second kappa shape index (κ2) is 8.91. The van der Waals surface area contributed by atoms with Crippen LogP contribution in [-0.4, -0.2) is 28.9 Å². The molecule has 2 aliphatic heterocycles. The monoisotopic (exact) mass is 385 g/mol. The Morgan fingerprint density at radius 2 is 2.07 bits per heavy atom. The van der Waals surface area contributed by atoms with Crippen LogP contribution in [0, 0.1) is 0 Å². The maximum Gasteiger partial charge on any atom is 0.246 e. The van der Waals surface area contributed by atoms with Gasteiger partial charge in [-0.05, 0) is 60.9 Å². The number of amides is 1. The molecule has 1 aromatic heterocycles. The first-order valence-electron chi connectivity index (χ1n) is 10.3. The van der Waals surface area contributed by atoms with Crippen molar-refractivity contribution in [2.75, 3.05) is 18.4 Å². The normalized spacial score (nSPS) is 16.8. The number of carbonyl (C=O) groups is 1. The third kappa shape index (κ3) is 5.02. The molecule has 1 amide bonds. The summed E-state index contributed by atoms with van der Waals surface area (Å²) < 4.78 is 0. The van der Waals surface area contributed by atoms with Crippen LogP contribution < -0.4 is 5.32 Å². The molecule has 0 unspecified atom stereocenters. The van der Waals surface area contributed by atoms with Gasteiger partial charge in [-0.15, -0.1) is 0 Å². The number of pyridine rings is 1. The van der Waals surface area contributed by atoms with Gasteiger partial charge in [-0.2, -0.15) is 0 Å². The van der Waals surface area contributed by atoms with Crippen molar-refractivity contribution < 1.29 is 4.79 Å². The second-order valence-electron chi connectivity index (χ2n) is 7.75. The zero-order chi connectivity index (χ0) is 20.1. The number of aryl methyl sites for hydroxylation is 1. The number of benzene rings is 1. The van der Waals surface area contributed by atoms with E-state index in [-0.39, 0.29) is 5.91 Å². The molecular weight excluding hydrogens is 358 g/mol. The molecule has 29 heavy (non-hydrogen) atoms. The van der Waals surface area contributed by atoms with Crippen molar-refractivity contribution in [3.63, 3.8) is 0 Å². The van der Waals surface area contributed by atoms with E-state index in [0.29, 0.717) is 6.54 Å². The lowest BCUT2D eigenvalue weighted by atomic mass is 10.0. The van der Waals surface area contributed by atoms with Crippen LogP contribution in [0.25, 0.3) is 6.08 Å². The van der Waals surface area contributed by atoms with Crippen LogP contribution in [0.2, 0.25) is 0 Å². The average molecular weight is 386 g/mol. The van der Waals surface area contributed by atoms with Gasteiger partial charge in [-0.3, -0.25) is 4.79 Å². The molecule has 2 aliphatic rings. The Kier molecular flexibility index (Phi) is 5.89. The molecule has 0 fully saturated rings. The van der Waals surface area contributed by atoms with Crippen LogP contribution in [0.5, 0.6) is 0 Å². The van der Waals surface area contributed by atoms with Crippen molar-refractivity contribution in [3.05, 3.63) is 89.3 Å². The fourth-order valence-corrected chi connectivity index (χ4v) is 3.86. The first kappa shape index (κ1) is 19.2. The van der Waals surface area contributed by atoms with Crippen LogP contribution in [0.1, 0.15) is 36.0 Å². The van der Waals surface area contributed by atoms with Gasteiger partial charge in [0, 0.05) is 31.1 Å². The highest BCUT2D eigenvalue weighted by Crippen LogP contribution is 2.25. The molecule has 0 saturated heterocycles. The summed E-state index contributed by atoms with van der Waals surface area (Å²) in [5.41, 5.74) is 5.89. The topological polar surface area (TPSA) is 45.2 Å². The van der Waals surface area contributed by atoms with Crippen LogP contribution >= 0.6 is 0 Å². The largest absolute Gasteiger partial charge is 0.344 e. The highest BCUT2D eigenvalue weighted by Gasteiger charge is 2.15. The van der Waals surface area contributed by atoms with Crippen LogP contribution in [0.15, 0.2) is 72.6 Å². The molecule has 4 rings (SSSR count). The predicted octanol–water partition coefficient (Wildman–Crippen LogP) is 4.76. The number of hydrogen-bond acceptors (Lipinski definition) is 3. The number of rotatable bonds is 4. The molecule has 0 radical (unpaired) electrons. The minimum atomic E-state index is 0.0615. The number of fused-ring (bicyclic) bond motifs is 1. The standard InChI is InChI=1S/C25H27N3O/c1-19-9-11-23-17-22(18-26-25(23)27-19)10-12-24(29)28-14-5-8-21(13-15-28)16-20-6-3-2-4-7-20/h2-4,6-7,10,12-13,17-18H,1,5,8-9,11,14-16H2,(H,26,27)/b12-10+. The molecule has 1 N–H and O–H groups in total. The Balaban J connectivity index is 1.37. The summed E-state index contributed by atoms with van der Waals surface area (Å²) in [6.45, 7) is 5.44. The first-order chi connectivity index (χ1) is 14.2. The molecular formula is C25H27N3O. The number of anilines is 1. The quantitative estimate of drug-likeness (QED) is 0.610. The van der Waals surface area contributed by atoms with Gasteiger partial charge < -0.3 is 10.2 Å². The third-order valence-corrected chi connectivity index (χ3v) is 5.51. The van der Waals surface area contributed by atoms with E-state index < -0.39 is 0 Å². The zero-order valence-electron chi connectivity index (χ0n) is 16.7. The summed E-state index contributed by atoms with van der Waals surface area (Å²) in [5.74, 6) is 0.944. The van der Waals surface area contributed by atoms with Crippen molar-refractivity contribution in [2.24, 2.45) is 0 Å². The van der Waals surface area contributed by atoms with Crippen LogP contribution in [0.4, 0.5) is 5.82 Å². The lowest BCUT2D eigenvalue weighted by Crippen LogP contribution is -2.29. The van der Waals surface area contributed by atoms with Crippen molar-refractivity contribution in [2.45, 2.75) is 32.1 Å². The Hall–Kier alpha value is -3.14. The highest BCUT2D eigenvalue weighted by molar-refractivity contribution is 5.92. The molecule has 0 saturated carbocycles. The first-order valence-corrected chi connectivity index (χ1v) is 10.3. The summed E-state index contributed by atoms with van der Waals surface area (Å²) in [4.78, 5) is 19.1. The van der Waals surface area contributed by atoms with E-state index in [4.69, 9.17) is 0 Å². The Morgan fingerprint density at radius 3 is 2.93 bits per heavy atom. The number of carbonyl (C=O) groups excluding carboxylic acids is 1. The minimum Gasteiger partial charge on any atom is -0.344 e. The number of hydrogen-bond donors (Lipinski definition) is 1. The number of nitrogens with one attached hydrogen (secondary N) is 1. The molecule has 0 aliphatic carbocycles. The van der Waals surface area contributed by atoms with E-state index in [1.165, 1.54) is 16.7 Å². The van der Waals surface area contributed by atoms with Crippen molar-refractivity contribution in [1.82, 2.24) is 9.88 Å². The summed E-state index contributed by atoms with van der Waals surface area (Å²) in [6, 6.07) is 12.6.